The van der Waals surface area contributed by atoms with E-state index in [-0.39, 0.29) is 23.1 Å². The van der Waals surface area contributed by atoms with Crippen LogP contribution in [0.5, 0.6) is 5.75 Å². The number of amides is 1. The highest BCUT2D eigenvalue weighted by Crippen LogP contribution is 2.39. The van der Waals surface area contributed by atoms with Gasteiger partial charge in [-0.05, 0) is 82.1 Å². The Morgan fingerprint density at radius 2 is 1.93 bits per heavy atom. The molecule has 3 rings (SSSR count). The maximum Gasteiger partial charge on any atom is 0.341 e. The van der Waals surface area contributed by atoms with Crippen molar-refractivity contribution in [2.45, 2.75) is 46.1 Å². The molecular formula is C21H24N2O4S2. The van der Waals surface area contributed by atoms with Crippen LogP contribution in [0.3, 0.4) is 0 Å². The van der Waals surface area contributed by atoms with Crippen LogP contribution in [0.1, 0.15) is 58.3 Å². The van der Waals surface area contributed by atoms with Gasteiger partial charge in [-0.25, -0.2) is 4.79 Å². The molecule has 8 heteroatoms. The quantitative estimate of drug-likeness (QED) is 0.523. The first-order valence-corrected chi connectivity index (χ1v) is 10.8. The van der Waals surface area contributed by atoms with Crippen LogP contribution in [0.4, 0.5) is 5.00 Å². The van der Waals surface area contributed by atoms with E-state index in [1.54, 1.807) is 31.2 Å². The molecule has 0 bridgehead atoms. The summed E-state index contributed by atoms with van der Waals surface area (Å²) in [6.07, 6.45) is 2.89. The number of carbonyl (C=O) groups excluding carboxylic acids is 2. The molecule has 6 nitrogen and oxygen atoms in total. The number of hydrogen-bond acceptors (Lipinski definition) is 6. The average molecular weight is 433 g/mol. The Kier molecular flexibility index (Phi) is 6.87. The van der Waals surface area contributed by atoms with Crippen LogP contribution in [-0.2, 0) is 17.6 Å². The number of esters is 1. The van der Waals surface area contributed by atoms with Crippen LogP contribution in [0.15, 0.2) is 24.3 Å². The van der Waals surface area contributed by atoms with Crippen LogP contribution in [0.25, 0.3) is 0 Å². The summed E-state index contributed by atoms with van der Waals surface area (Å²) < 4.78 is 10.8. The number of thiophene rings is 1. The van der Waals surface area contributed by atoms with Gasteiger partial charge in [0.15, 0.2) is 5.11 Å². The molecule has 2 N–H and O–H groups in total. The van der Waals surface area contributed by atoms with Crippen LogP contribution < -0.4 is 15.4 Å². The Morgan fingerprint density at radius 1 is 1.21 bits per heavy atom. The van der Waals surface area contributed by atoms with Crippen molar-refractivity contribution in [2.24, 2.45) is 0 Å². The molecule has 1 heterocycles. The minimum absolute atomic E-state index is 0.0625. The zero-order chi connectivity index (χ0) is 21.0. The maximum absolute atomic E-state index is 12.5. The summed E-state index contributed by atoms with van der Waals surface area (Å²) >= 11 is 6.79. The van der Waals surface area contributed by atoms with Gasteiger partial charge in [-0.2, -0.15) is 0 Å². The number of anilines is 1. The standard InChI is InChI=1S/C21H24N2O4S2/c1-4-26-20(25)17-15-6-5-7-16(15)29-19(17)23-21(28)22-18(24)13-8-10-14(11-9-13)27-12(2)3/h8-12H,4-7H2,1-3H3,(H2,22,23,24,28). The van der Waals surface area contributed by atoms with E-state index in [4.69, 9.17) is 21.7 Å². The van der Waals surface area contributed by atoms with Crippen molar-refractivity contribution < 1.29 is 19.1 Å². The number of nitrogens with one attached hydrogen (secondary N) is 2. The molecule has 1 aromatic heterocycles. The lowest BCUT2D eigenvalue weighted by Crippen LogP contribution is -2.34. The number of thiocarbonyl (C=S) groups is 1. The Bertz CT molecular complexity index is 920. The molecule has 1 aromatic carbocycles. The highest BCUT2D eigenvalue weighted by molar-refractivity contribution is 7.80. The smallest absolute Gasteiger partial charge is 0.341 e. The zero-order valence-electron chi connectivity index (χ0n) is 16.7. The molecule has 0 saturated heterocycles. The van der Waals surface area contributed by atoms with Gasteiger partial charge in [0.05, 0.1) is 18.3 Å². The lowest BCUT2D eigenvalue weighted by atomic mass is 10.1. The zero-order valence-corrected chi connectivity index (χ0v) is 18.3. The van der Waals surface area contributed by atoms with Crippen molar-refractivity contribution >= 4 is 45.5 Å². The molecular weight excluding hydrogens is 408 g/mol. The normalized spacial score (nSPS) is 12.4. The lowest BCUT2D eigenvalue weighted by molar-refractivity contribution is 0.0527. The van der Waals surface area contributed by atoms with Crippen LogP contribution >= 0.6 is 23.6 Å². The largest absolute Gasteiger partial charge is 0.491 e. The molecule has 0 aliphatic heterocycles. The van der Waals surface area contributed by atoms with E-state index in [0.717, 1.165) is 24.8 Å². The first-order valence-electron chi connectivity index (χ1n) is 9.59. The van der Waals surface area contributed by atoms with Crippen LogP contribution in [-0.4, -0.2) is 29.7 Å². The van der Waals surface area contributed by atoms with E-state index in [1.165, 1.54) is 16.2 Å². The number of hydrogen-bond donors (Lipinski definition) is 2. The van der Waals surface area contributed by atoms with Crippen molar-refractivity contribution in [3.63, 3.8) is 0 Å². The van der Waals surface area contributed by atoms with E-state index < -0.39 is 0 Å². The third kappa shape index (κ3) is 5.13. The predicted molar refractivity (Wildman–Crippen MR) is 118 cm³/mol. The second-order valence-electron chi connectivity index (χ2n) is 6.88. The van der Waals surface area contributed by atoms with Gasteiger partial charge in [-0.3, -0.25) is 10.1 Å². The Balaban J connectivity index is 1.68. The molecule has 2 aromatic rings. The van der Waals surface area contributed by atoms with Gasteiger partial charge in [-0.1, -0.05) is 0 Å². The number of aryl methyl sites for hydroxylation is 1. The SMILES string of the molecule is CCOC(=O)c1c(NC(=S)NC(=O)c2ccc(OC(C)C)cc2)sc2c1CCC2. The van der Waals surface area contributed by atoms with Crippen molar-refractivity contribution in [3.8, 4) is 5.75 Å². The fourth-order valence-corrected chi connectivity index (χ4v) is 4.72. The van der Waals surface area contributed by atoms with Crippen molar-refractivity contribution in [2.75, 3.05) is 11.9 Å². The number of fused-ring (bicyclic) bond motifs is 1. The second-order valence-corrected chi connectivity index (χ2v) is 8.39. The summed E-state index contributed by atoms with van der Waals surface area (Å²) in [4.78, 5) is 26.1. The monoisotopic (exact) mass is 432 g/mol. The molecule has 0 spiro atoms. The second kappa shape index (κ2) is 9.37. The van der Waals surface area contributed by atoms with E-state index in [0.29, 0.717) is 28.5 Å². The minimum Gasteiger partial charge on any atom is -0.491 e. The first-order chi connectivity index (χ1) is 13.9. The summed E-state index contributed by atoms with van der Waals surface area (Å²) in [5.41, 5.74) is 2.03. The number of carbonyl (C=O) groups is 2. The Hall–Kier alpha value is -2.45. The molecule has 1 aliphatic rings. The van der Waals surface area contributed by atoms with E-state index in [1.807, 2.05) is 13.8 Å². The summed E-state index contributed by atoms with van der Waals surface area (Å²) in [6, 6.07) is 6.85. The van der Waals surface area contributed by atoms with Crippen molar-refractivity contribution in [1.29, 1.82) is 0 Å². The fourth-order valence-electron chi connectivity index (χ4n) is 3.18. The Morgan fingerprint density at radius 3 is 2.59 bits per heavy atom. The molecule has 0 radical (unpaired) electrons. The van der Waals surface area contributed by atoms with Gasteiger partial charge in [0.2, 0.25) is 0 Å². The molecule has 154 valence electrons. The van der Waals surface area contributed by atoms with Crippen LogP contribution in [0.2, 0.25) is 0 Å². The summed E-state index contributed by atoms with van der Waals surface area (Å²) in [5.74, 6) is 0.00841. The van der Waals surface area contributed by atoms with Crippen molar-refractivity contribution in [3.05, 3.63) is 45.8 Å². The molecule has 1 aliphatic carbocycles. The van der Waals surface area contributed by atoms with Crippen LogP contribution in [0, 0.1) is 0 Å². The maximum atomic E-state index is 12.5. The minimum atomic E-state index is -0.357. The first kappa shape index (κ1) is 21.3. The van der Waals surface area contributed by atoms with Gasteiger partial charge in [0.25, 0.3) is 5.91 Å². The highest BCUT2D eigenvalue weighted by Gasteiger charge is 2.28. The number of ether oxygens (including phenoxy) is 2. The summed E-state index contributed by atoms with van der Waals surface area (Å²) in [5, 5.41) is 6.44. The molecule has 0 atom stereocenters. The summed E-state index contributed by atoms with van der Waals surface area (Å²) in [6.45, 7) is 5.96. The van der Waals surface area contributed by atoms with Crippen molar-refractivity contribution in [1.82, 2.24) is 5.32 Å². The Labute approximate surface area is 179 Å². The van der Waals surface area contributed by atoms with Gasteiger partial charge in [0, 0.05) is 10.4 Å². The molecule has 0 unspecified atom stereocenters. The van der Waals surface area contributed by atoms with Gasteiger partial charge >= 0.3 is 5.97 Å². The van der Waals surface area contributed by atoms with Gasteiger partial charge in [-0.15, -0.1) is 11.3 Å². The van der Waals surface area contributed by atoms with Gasteiger partial charge in [0.1, 0.15) is 10.8 Å². The predicted octanol–water partition coefficient (Wildman–Crippen LogP) is 4.33. The number of rotatable bonds is 6. The molecule has 29 heavy (non-hydrogen) atoms. The molecule has 0 fully saturated rings. The van der Waals surface area contributed by atoms with E-state index >= 15 is 0 Å². The third-order valence-electron chi connectivity index (χ3n) is 4.34. The van der Waals surface area contributed by atoms with E-state index in [9.17, 15) is 9.59 Å². The fraction of sp³-hybridized carbons (Fsp3) is 0.381. The molecule has 1 amide bonds. The summed E-state index contributed by atoms with van der Waals surface area (Å²) in [7, 11) is 0. The topological polar surface area (TPSA) is 76.7 Å². The lowest BCUT2D eigenvalue weighted by Gasteiger charge is -2.12. The average Bonchev–Trinajstić information content (AvgIpc) is 3.22. The molecule has 0 saturated carbocycles. The third-order valence-corrected chi connectivity index (χ3v) is 5.75. The van der Waals surface area contributed by atoms with E-state index in [2.05, 4.69) is 10.6 Å². The number of benzene rings is 1. The van der Waals surface area contributed by atoms with Gasteiger partial charge < -0.3 is 14.8 Å². The highest BCUT2D eigenvalue weighted by atomic mass is 32.1.